The number of carbonyl (C=O) groups is 1. The van der Waals surface area contributed by atoms with Crippen molar-refractivity contribution >= 4 is 50.7 Å². The summed E-state index contributed by atoms with van der Waals surface area (Å²) in [6.45, 7) is 1.19. The molecular formula is C21H23Cl3N2O4S. The molecule has 1 N–H and O–H groups in total. The average Bonchev–Trinajstić information content (AvgIpc) is 2.75. The van der Waals surface area contributed by atoms with Gasteiger partial charge in [0.1, 0.15) is 12.4 Å². The van der Waals surface area contributed by atoms with Crippen LogP contribution in [0.25, 0.3) is 0 Å². The molecule has 1 saturated heterocycles. The Hall–Kier alpha value is -1.51. The lowest BCUT2D eigenvalue weighted by atomic mass is 9.99. The van der Waals surface area contributed by atoms with Gasteiger partial charge in [0.2, 0.25) is 15.9 Å². The molecule has 1 aliphatic heterocycles. The number of piperidine rings is 1. The lowest BCUT2D eigenvalue weighted by Gasteiger charge is -2.31. The van der Waals surface area contributed by atoms with E-state index in [0.717, 1.165) is 0 Å². The molecule has 31 heavy (non-hydrogen) atoms. The Labute approximate surface area is 197 Å². The number of amides is 1. The van der Waals surface area contributed by atoms with Crippen LogP contribution in [0.15, 0.2) is 42.5 Å². The van der Waals surface area contributed by atoms with Crippen molar-refractivity contribution in [3.63, 3.8) is 0 Å². The Bertz CT molecular complexity index is 1020. The van der Waals surface area contributed by atoms with Crippen molar-refractivity contribution in [3.8, 4) is 5.75 Å². The molecule has 1 aliphatic rings. The number of carbonyl (C=O) groups excluding carboxylic acids is 1. The van der Waals surface area contributed by atoms with Crippen LogP contribution in [0.2, 0.25) is 15.1 Å². The lowest BCUT2D eigenvalue weighted by Crippen LogP contribution is -2.46. The average molecular weight is 506 g/mol. The molecule has 168 valence electrons. The molecule has 6 nitrogen and oxygen atoms in total. The monoisotopic (exact) mass is 504 g/mol. The van der Waals surface area contributed by atoms with Crippen LogP contribution in [-0.2, 0) is 20.6 Å². The molecule has 1 amide bonds. The van der Waals surface area contributed by atoms with Crippen LogP contribution in [0.5, 0.6) is 5.75 Å². The highest BCUT2D eigenvalue weighted by atomic mass is 35.5. The van der Waals surface area contributed by atoms with Crippen LogP contribution in [0.4, 0.5) is 0 Å². The summed E-state index contributed by atoms with van der Waals surface area (Å²) in [5.41, 5.74) is 0.556. The Kier molecular flexibility index (Phi) is 8.47. The van der Waals surface area contributed by atoms with Gasteiger partial charge in [-0.25, -0.2) is 12.7 Å². The summed E-state index contributed by atoms with van der Waals surface area (Å²) in [6, 6.07) is 11.7. The number of sulfonamides is 1. The largest absolute Gasteiger partial charge is 0.492 e. The van der Waals surface area contributed by atoms with E-state index in [9.17, 15) is 13.2 Å². The van der Waals surface area contributed by atoms with Crippen molar-refractivity contribution in [1.82, 2.24) is 9.62 Å². The van der Waals surface area contributed by atoms with E-state index >= 15 is 0 Å². The van der Waals surface area contributed by atoms with E-state index in [1.807, 2.05) is 0 Å². The SMILES string of the molecule is O=C(NCCOc1ccc(Cl)cc1)[C@H]1CCCN(S(=O)(=O)Cc2ccc(Cl)c(Cl)c2)C1. The standard InChI is InChI=1S/C21H23Cl3N2O4S/c22-17-4-6-18(7-5-17)30-11-9-25-21(27)16-2-1-10-26(13-16)31(28,29)14-15-3-8-19(23)20(24)12-15/h3-8,12,16H,1-2,9-11,13-14H2,(H,25,27)/t16-/m0/s1. The molecule has 0 bridgehead atoms. The van der Waals surface area contributed by atoms with Gasteiger partial charge in [-0.15, -0.1) is 0 Å². The van der Waals surface area contributed by atoms with Crippen LogP contribution in [0, 0.1) is 5.92 Å². The van der Waals surface area contributed by atoms with E-state index in [-0.39, 0.29) is 18.2 Å². The van der Waals surface area contributed by atoms with E-state index in [1.165, 1.54) is 4.31 Å². The second-order valence-corrected chi connectivity index (χ2v) is 10.5. The Morgan fingerprint density at radius 1 is 1.10 bits per heavy atom. The molecule has 0 spiro atoms. The highest BCUT2D eigenvalue weighted by Crippen LogP contribution is 2.26. The molecule has 3 rings (SSSR count). The van der Waals surface area contributed by atoms with Gasteiger partial charge in [-0.2, -0.15) is 0 Å². The summed E-state index contributed by atoms with van der Waals surface area (Å²) in [4.78, 5) is 12.5. The van der Waals surface area contributed by atoms with Crippen molar-refractivity contribution < 1.29 is 17.9 Å². The molecular weight excluding hydrogens is 483 g/mol. The molecule has 0 radical (unpaired) electrons. The quantitative estimate of drug-likeness (QED) is 0.540. The minimum atomic E-state index is -3.58. The molecule has 1 fully saturated rings. The Morgan fingerprint density at radius 2 is 1.84 bits per heavy atom. The van der Waals surface area contributed by atoms with E-state index in [0.29, 0.717) is 58.9 Å². The fourth-order valence-electron chi connectivity index (χ4n) is 3.36. The Morgan fingerprint density at radius 3 is 2.55 bits per heavy atom. The maximum atomic E-state index is 12.8. The van der Waals surface area contributed by atoms with Crippen LogP contribution in [-0.4, -0.2) is 44.9 Å². The van der Waals surface area contributed by atoms with E-state index in [4.69, 9.17) is 39.5 Å². The third kappa shape index (κ3) is 6.99. The summed E-state index contributed by atoms with van der Waals surface area (Å²) >= 11 is 17.7. The van der Waals surface area contributed by atoms with Crippen LogP contribution in [0.1, 0.15) is 18.4 Å². The van der Waals surface area contributed by atoms with Crippen molar-refractivity contribution in [2.45, 2.75) is 18.6 Å². The number of nitrogens with one attached hydrogen (secondary N) is 1. The number of benzene rings is 2. The second-order valence-electron chi connectivity index (χ2n) is 7.30. The maximum absolute atomic E-state index is 12.8. The molecule has 0 unspecified atom stereocenters. The summed E-state index contributed by atoms with van der Waals surface area (Å²) in [6.07, 6.45) is 1.27. The minimum Gasteiger partial charge on any atom is -0.492 e. The normalized spacial score (nSPS) is 17.3. The van der Waals surface area contributed by atoms with Crippen molar-refractivity contribution in [2.24, 2.45) is 5.92 Å². The van der Waals surface area contributed by atoms with Crippen molar-refractivity contribution in [1.29, 1.82) is 0 Å². The molecule has 1 atom stereocenters. The highest BCUT2D eigenvalue weighted by molar-refractivity contribution is 7.88. The molecule has 0 aromatic heterocycles. The molecule has 1 heterocycles. The first-order valence-electron chi connectivity index (χ1n) is 9.82. The van der Waals surface area contributed by atoms with Gasteiger partial charge in [-0.1, -0.05) is 40.9 Å². The predicted molar refractivity (Wildman–Crippen MR) is 123 cm³/mol. The first kappa shape index (κ1) is 24.1. The second kappa shape index (κ2) is 10.9. The van der Waals surface area contributed by atoms with E-state index < -0.39 is 15.9 Å². The maximum Gasteiger partial charge on any atom is 0.224 e. The van der Waals surface area contributed by atoms with Gasteiger partial charge in [-0.05, 0) is 54.8 Å². The third-order valence-electron chi connectivity index (χ3n) is 4.97. The van der Waals surface area contributed by atoms with Crippen molar-refractivity contribution in [3.05, 3.63) is 63.1 Å². The van der Waals surface area contributed by atoms with Gasteiger partial charge >= 0.3 is 0 Å². The van der Waals surface area contributed by atoms with Crippen LogP contribution >= 0.6 is 34.8 Å². The first-order valence-corrected chi connectivity index (χ1v) is 12.6. The fraction of sp³-hybridized carbons (Fsp3) is 0.381. The summed E-state index contributed by atoms with van der Waals surface area (Å²) < 4.78 is 32.6. The number of nitrogens with zero attached hydrogens (tertiary/aromatic N) is 1. The number of hydrogen-bond donors (Lipinski definition) is 1. The van der Waals surface area contributed by atoms with Crippen molar-refractivity contribution in [2.75, 3.05) is 26.2 Å². The van der Waals surface area contributed by atoms with Gasteiger partial charge in [0, 0.05) is 18.1 Å². The van der Waals surface area contributed by atoms with Gasteiger partial charge < -0.3 is 10.1 Å². The molecule has 0 saturated carbocycles. The molecule has 2 aromatic carbocycles. The van der Waals surface area contributed by atoms with Gasteiger partial charge in [0.25, 0.3) is 0 Å². The Balaban J connectivity index is 1.49. The number of rotatable bonds is 8. The molecule has 0 aliphatic carbocycles. The lowest BCUT2D eigenvalue weighted by molar-refractivity contribution is -0.126. The summed E-state index contributed by atoms with van der Waals surface area (Å²) in [5, 5.41) is 4.13. The van der Waals surface area contributed by atoms with E-state index in [2.05, 4.69) is 5.32 Å². The minimum absolute atomic E-state index is 0.160. The van der Waals surface area contributed by atoms with Crippen LogP contribution < -0.4 is 10.1 Å². The zero-order valence-electron chi connectivity index (χ0n) is 16.7. The zero-order chi connectivity index (χ0) is 22.4. The number of hydrogen-bond acceptors (Lipinski definition) is 4. The number of halogens is 3. The van der Waals surface area contributed by atoms with E-state index in [1.54, 1.807) is 42.5 Å². The van der Waals surface area contributed by atoms with Gasteiger partial charge in [0.15, 0.2) is 0 Å². The zero-order valence-corrected chi connectivity index (χ0v) is 19.8. The first-order chi connectivity index (χ1) is 14.7. The highest BCUT2D eigenvalue weighted by Gasteiger charge is 2.32. The summed E-state index contributed by atoms with van der Waals surface area (Å²) in [7, 11) is -3.58. The molecule has 2 aromatic rings. The predicted octanol–water partition coefficient (Wildman–Crippen LogP) is 4.38. The molecule has 10 heteroatoms. The van der Waals surface area contributed by atoms with Gasteiger partial charge in [-0.3, -0.25) is 4.79 Å². The van der Waals surface area contributed by atoms with Crippen LogP contribution in [0.3, 0.4) is 0 Å². The fourth-order valence-corrected chi connectivity index (χ4v) is 5.40. The topological polar surface area (TPSA) is 75.7 Å². The summed E-state index contributed by atoms with van der Waals surface area (Å²) in [5.74, 6) is -0.0921. The third-order valence-corrected chi connectivity index (χ3v) is 7.77. The van der Waals surface area contributed by atoms with Gasteiger partial charge in [0.05, 0.1) is 28.3 Å². The number of ether oxygens (including phenoxy) is 1. The smallest absolute Gasteiger partial charge is 0.224 e.